The van der Waals surface area contributed by atoms with Gasteiger partial charge in [0.1, 0.15) is 17.5 Å². The largest absolute Gasteiger partial charge is 0.325 e. The van der Waals surface area contributed by atoms with Crippen LogP contribution in [0.5, 0.6) is 0 Å². The van der Waals surface area contributed by atoms with Gasteiger partial charge in [-0.05, 0) is 5.41 Å². The maximum atomic E-state index is 12.9. The quantitative estimate of drug-likeness (QED) is 0.439. The molecule has 4 rings (SSSR count). The highest BCUT2D eigenvalue weighted by Crippen LogP contribution is 2.42. The average molecular weight is 426 g/mol. The van der Waals surface area contributed by atoms with E-state index in [9.17, 15) is 29.8 Å². The van der Waals surface area contributed by atoms with E-state index in [0.717, 1.165) is 10.9 Å². The maximum Gasteiger partial charge on any atom is 0.287 e. The molecular formula is C19H18N6O6. The lowest BCUT2D eigenvalue weighted by Crippen LogP contribution is -2.44. The van der Waals surface area contributed by atoms with Crippen molar-refractivity contribution in [2.75, 3.05) is 5.32 Å². The highest BCUT2D eigenvalue weighted by atomic mass is 16.6. The molecule has 2 heterocycles. The van der Waals surface area contributed by atoms with Gasteiger partial charge in [0, 0.05) is 30.5 Å². The van der Waals surface area contributed by atoms with Crippen LogP contribution in [0.15, 0.2) is 36.2 Å². The summed E-state index contributed by atoms with van der Waals surface area (Å²) in [5, 5.41) is 29.7. The number of Topliss-reactive ketones (excluding diaryl/α,β-unsaturated/α-hetero) is 2. The first kappa shape index (κ1) is 20.3. The summed E-state index contributed by atoms with van der Waals surface area (Å²) in [7, 11) is 0. The van der Waals surface area contributed by atoms with E-state index >= 15 is 0 Å². The summed E-state index contributed by atoms with van der Waals surface area (Å²) in [4.78, 5) is 51.5. The van der Waals surface area contributed by atoms with Crippen LogP contribution in [0.3, 0.4) is 0 Å². The second kappa shape index (κ2) is 7.07. The van der Waals surface area contributed by atoms with E-state index in [1.165, 1.54) is 18.2 Å². The molecule has 0 radical (unpaired) electrons. The summed E-state index contributed by atoms with van der Waals surface area (Å²) in [6, 6.07) is 4.35. The van der Waals surface area contributed by atoms with Crippen LogP contribution < -0.4 is 5.32 Å². The van der Waals surface area contributed by atoms with Crippen LogP contribution in [-0.2, 0) is 9.59 Å². The zero-order valence-corrected chi connectivity index (χ0v) is 16.6. The minimum absolute atomic E-state index is 0.0743. The Balaban J connectivity index is 1.80. The van der Waals surface area contributed by atoms with Crippen LogP contribution in [0.1, 0.15) is 32.7 Å². The molecule has 12 nitrogen and oxygen atoms in total. The van der Waals surface area contributed by atoms with E-state index in [2.05, 4.69) is 15.4 Å². The monoisotopic (exact) mass is 426 g/mol. The second-order valence-electron chi connectivity index (χ2n) is 8.35. The number of aromatic nitrogens is 3. The predicted octanol–water partition coefficient (Wildman–Crippen LogP) is 2.51. The smallest absolute Gasteiger partial charge is 0.287 e. The number of nitrogens with one attached hydrogen (secondary N) is 1. The highest BCUT2D eigenvalue weighted by Gasteiger charge is 2.50. The first-order valence-corrected chi connectivity index (χ1v) is 9.45. The number of rotatable bonds is 4. The molecule has 0 spiro atoms. The van der Waals surface area contributed by atoms with Crippen LogP contribution >= 0.6 is 0 Å². The summed E-state index contributed by atoms with van der Waals surface area (Å²) in [5.74, 6) is -1.86. The topological polar surface area (TPSA) is 163 Å². The van der Waals surface area contributed by atoms with Crippen molar-refractivity contribution in [3.63, 3.8) is 0 Å². The van der Waals surface area contributed by atoms with Gasteiger partial charge < -0.3 is 5.32 Å². The number of benzene rings is 1. The molecule has 1 aromatic heterocycles. The number of fused-ring (bicyclic) bond motifs is 1. The van der Waals surface area contributed by atoms with Crippen LogP contribution in [0.4, 0.5) is 11.6 Å². The van der Waals surface area contributed by atoms with E-state index in [1.807, 2.05) is 0 Å². The summed E-state index contributed by atoms with van der Waals surface area (Å²) in [6.07, 6.45) is 1.33. The van der Waals surface area contributed by atoms with Crippen LogP contribution in [-0.4, -0.2) is 36.2 Å². The van der Waals surface area contributed by atoms with Crippen LogP contribution in [0.25, 0.3) is 11.4 Å². The lowest BCUT2D eigenvalue weighted by atomic mass is 9.69. The molecule has 2 aliphatic rings. The fourth-order valence-corrected chi connectivity index (χ4v) is 4.08. The van der Waals surface area contributed by atoms with Crippen molar-refractivity contribution in [1.29, 1.82) is 0 Å². The van der Waals surface area contributed by atoms with Gasteiger partial charge in [0.05, 0.1) is 16.0 Å². The molecule has 1 unspecified atom stereocenters. The molecule has 160 valence electrons. The summed E-state index contributed by atoms with van der Waals surface area (Å²) in [5.41, 5.74) is -0.745. The fourth-order valence-electron chi connectivity index (χ4n) is 4.08. The SMILES string of the molecule is CC1(C)CC(=O)C(C2C([N+](=O)[O-])=CNc3nc(-c4cccc([N+](=O)[O-])c4)nn32)C(=O)C1. The van der Waals surface area contributed by atoms with Crippen molar-refractivity contribution in [1.82, 2.24) is 14.8 Å². The molecule has 31 heavy (non-hydrogen) atoms. The van der Waals surface area contributed by atoms with Crippen molar-refractivity contribution in [2.45, 2.75) is 32.7 Å². The molecule has 0 bridgehead atoms. The van der Waals surface area contributed by atoms with E-state index in [1.54, 1.807) is 19.9 Å². The third-order valence-electron chi connectivity index (χ3n) is 5.39. The van der Waals surface area contributed by atoms with Crippen molar-refractivity contribution < 1.29 is 19.4 Å². The van der Waals surface area contributed by atoms with Crippen LogP contribution in [0, 0.1) is 31.6 Å². The second-order valence-corrected chi connectivity index (χ2v) is 8.35. The third kappa shape index (κ3) is 3.56. The molecular weight excluding hydrogens is 408 g/mol. The Labute approximate surface area is 175 Å². The number of non-ortho nitro benzene ring substituents is 1. The van der Waals surface area contributed by atoms with E-state index in [0.29, 0.717) is 5.56 Å². The van der Waals surface area contributed by atoms with E-state index in [4.69, 9.17) is 0 Å². The standard InChI is InChI=1S/C19H18N6O6/c1-19(2)7-13(26)15(14(27)8-19)16-12(25(30)31)9-20-18-21-17(22-23(16)18)10-4-3-5-11(6-10)24(28)29/h3-6,9,15-16H,7-8H2,1-2H3,(H,20,21,22). The number of carbonyl (C=O) groups is 2. The number of nitro benzene ring substituents is 1. The Kier molecular flexibility index (Phi) is 4.64. The molecule has 0 amide bonds. The Morgan fingerprint density at radius 2 is 1.81 bits per heavy atom. The molecule has 0 saturated heterocycles. The molecule has 1 atom stereocenters. The molecule has 12 heteroatoms. The third-order valence-corrected chi connectivity index (χ3v) is 5.39. The number of ketones is 2. The van der Waals surface area contributed by atoms with E-state index < -0.39 is 27.2 Å². The summed E-state index contributed by atoms with van der Waals surface area (Å²) in [6.45, 7) is 3.60. The van der Waals surface area contributed by atoms with Gasteiger partial charge in [0.25, 0.3) is 11.4 Å². The van der Waals surface area contributed by atoms with Gasteiger partial charge in [-0.3, -0.25) is 29.8 Å². The molecule has 1 aliphatic heterocycles. The molecule has 1 fully saturated rings. The fraction of sp³-hybridized carbons (Fsp3) is 0.368. The Hall–Kier alpha value is -3.96. The van der Waals surface area contributed by atoms with Gasteiger partial charge in [0.15, 0.2) is 11.9 Å². The first-order chi connectivity index (χ1) is 14.6. The minimum atomic E-state index is -1.26. The Morgan fingerprint density at radius 1 is 1.13 bits per heavy atom. The first-order valence-electron chi connectivity index (χ1n) is 9.45. The highest BCUT2D eigenvalue weighted by molar-refractivity contribution is 6.06. The summed E-state index contributed by atoms with van der Waals surface area (Å²) < 4.78 is 1.16. The number of hydrogen-bond donors (Lipinski definition) is 1. The number of anilines is 1. The summed E-state index contributed by atoms with van der Waals surface area (Å²) >= 11 is 0. The molecule has 1 saturated carbocycles. The number of nitro groups is 2. The zero-order chi connectivity index (χ0) is 22.5. The van der Waals surface area contributed by atoms with Crippen molar-refractivity contribution in [2.24, 2.45) is 11.3 Å². The number of allylic oxidation sites excluding steroid dienone is 1. The van der Waals surface area contributed by atoms with Gasteiger partial charge in [-0.1, -0.05) is 26.0 Å². The lowest BCUT2D eigenvalue weighted by Gasteiger charge is -2.35. The molecule has 1 aromatic carbocycles. The Morgan fingerprint density at radius 3 is 2.42 bits per heavy atom. The zero-order valence-electron chi connectivity index (χ0n) is 16.6. The van der Waals surface area contributed by atoms with Gasteiger partial charge in [0.2, 0.25) is 5.95 Å². The molecule has 1 N–H and O–H groups in total. The van der Waals surface area contributed by atoms with Gasteiger partial charge >= 0.3 is 0 Å². The number of carbonyl (C=O) groups excluding carboxylic acids is 2. The number of nitrogens with zero attached hydrogens (tertiary/aromatic N) is 5. The van der Waals surface area contributed by atoms with Gasteiger partial charge in [-0.15, -0.1) is 5.10 Å². The Bertz CT molecular complexity index is 1150. The molecule has 1 aliphatic carbocycles. The van der Waals surface area contributed by atoms with Gasteiger partial charge in [-0.2, -0.15) is 4.98 Å². The molecule has 2 aromatic rings. The number of hydrogen-bond acceptors (Lipinski definition) is 9. The minimum Gasteiger partial charge on any atom is -0.325 e. The predicted molar refractivity (Wildman–Crippen MR) is 106 cm³/mol. The van der Waals surface area contributed by atoms with E-state index in [-0.39, 0.29) is 47.6 Å². The van der Waals surface area contributed by atoms with Crippen molar-refractivity contribution >= 4 is 23.2 Å². The maximum absolute atomic E-state index is 12.9. The van der Waals surface area contributed by atoms with Crippen molar-refractivity contribution in [3.8, 4) is 11.4 Å². The normalized spacial score (nSPS) is 20.6. The van der Waals surface area contributed by atoms with Crippen molar-refractivity contribution in [3.05, 3.63) is 56.4 Å². The van der Waals surface area contributed by atoms with Crippen LogP contribution in [0.2, 0.25) is 0 Å². The average Bonchev–Trinajstić information content (AvgIpc) is 3.11. The lowest BCUT2D eigenvalue weighted by molar-refractivity contribution is -0.434. The van der Waals surface area contributed by atoms with Gasteiger partial charge in [-0.25, -0.2) is 4.68 Å².